The molecule has 0 saturated carbocycles. The van der Waals surface area contributed by atoms with E-state index in [0.29, 0.717) is 80.0 Å². The minimum Gasteiger partial charge on any atom is -0.496 e. The Hall–Kier alpha value is -8.40. The normalized spacial score (nSPS) is 10.5. The summed E-state index contributed by atoms with van der Waals surface area (Å²) in [5, 5.41) is 9.43. The highest BCUT2D eigenvalue weighted by Crippen LogP contribution is 2.36. The highest BCUT2D eigenvalue weighted by Gasteiger charge is 2.17. The Morgan fingerprint density at radius 1 is 0.581 bits per heavy atom. The van der Waals surface area contributed by atoms with Crippen molar-refractivity contribution in [3.8, 4) is 40.2 Å². The first kappa shape index (κ1) is 43.2. The summed E-state index contributed by atoms with van der Waals surface area (Å²) in [5.41, 5.74) is 15.5. The predicted octanol–water partition coefficient (Wildman–Crippen LogP) is 8.64. The summed E-state index contributed by atoms with van der Waals surface area (Å²) < 4.78 is 27.8. The molecule has 0 aliphatic carbocycles. The number of benzene rings is 5. The molecular weight excluding hydrogens is 795 g/mol. The van der Waals surface area contributed by atoms with E-state index in [1.807, 2.05) is 32.9 Å². The Labute approximate surface area is 356 Å². The molecule has 16 heteroatoms. The number of fused-ring (bicyclic) bond motifs is 2. The minimum absolute atomic E-state index is 0.232. The summed E-state index contributed by atoms with van der Waals surface area (Å²) in [6.07, 6.45) is 2.62. The Kier molecular flexibility index (Phi) is 13.6. The van der Waals surface area contributed by atoms with E-state index in [-0.39, 0.29) is 17.2 Å². The van der Waals surface area contributed by atoms with Gasteiger partial charge in [0.05, 0.1) is 36.4 Å². The van der Waals surface area contributed by atoms with Crippen molar-refractivity contribution in [3.63, 3.8) is 0 Å². The van der Waals surface area contributed by atoms with E-state index in [4.69, 9.17) is 35.2 Å². The van der Waals surface area contributed by atoms with Crippen molar-refractivity contribution in [2.45, 2.75) is 20.8 Å². The van der Waals surface area contributed by atoms with E-state index in [9.17, 15) is 19.2 Å². The number of rotatable bonds is 12. The van der Waals surface area contributed by atoms with Crippen molar-refractivity contribution in [3.05, 3.63) is 138 Å². The van der Waals surface area contributed by atoms with Gasteiger partial charge >= 0.3 is 12.1 Å². The number of nitrogens with one attached hydrogen (secondary N) is 3. The van der Waals surface area contributed by atoms with Crippen molar-refractivity contribution in [1.29, 1.82) is 0 Å². The van der Waals surface area contributed by atoms with Crippen LogP contribution >= 0.6 is 0 Å². The highest BCUT2D eigenvalue weighted by atomic mass is 16.6. The van der Waals surface area contributed by atoms with E-state index >= 15 is 0 Å². The number of urea groups is 1. The maximum Gasteiger partial charge on any atom is 0.417 e. The van der Waals surface area contributed by atoms with Crippen LogP contribution in [0.25, 0.3) is 21.8 Å². The molecule has 0 fully saturated rings. The van der Waals surface area contributed by atoms with Gasteiger partial charge in [0.1, 0.15) is 40.2 Å². The third kappa shape index (κ3) is 10.4. The zero-order valence-electron chi connectivity index (χ0n) is 34.4. The standard InChI is InChI=1S/C25H21N3O5.C21H22N4O4/c1-15-12-17(8-9-20(15)28-25(30)33-16-6-4-3-5-7-16)32-22-10-11-27-21-14-23(31-2)19(24(26)29)13-18(21)22;1-4-23-21(27)25-16-6-5-13(9-12(16)2)29-18-7-8-24-17-11-19(28-3)15(20(22)26)10-14(17)18/h3-14H,1-2H3,(H2,26,29)(H,28,30);5-11H,4H2,1-3H3,(H2,22,26)(H2,23,25,27). The third-order valence-corrected chi connectivity index (χ3v) is 9.20. The fourth-order valence-electron chi connectivity index (χ4n) is 6.19. The third-order valence-electron chi connectivity index (χ3n) is 9.20. The molecule has 316 valence electrons. The molecule has 0 unspecified atom stereocenters. The average molecular weight is 838 g/mol. The number of aryl methyl sites for hydroxylation is 2. The second-order valence-corrected chi connectivity index (χ2v) is 13.5. The SMILES string of the molecule is CCNC(=O)Nc1ccc(Oc2ccnc3cc(OC)c(C(N)=O)cc23)cc1C.COc1cc2nccc(Oc3ccc(NC(=O)Oc4ccccc4)c(C)c3)c2cc1C(N)=O. The largest absolute Gasteiger partial charge is 0.496 e. The number of para-hydroxylation sites is 1. The number of amides is 5. The number of methoxy groups -OCH3 is 2. The zero-order valence-corrected chi connectivity index (χ0v) is 34.4. The number of aromatic nitrogens is 2. The molecule has 0 spiro atoms. The summed E-state index contributed by atoms with van der Waals surface area (Å²) in [7, 11) is 2.93. The van der Waals surface area contributed by atoms with Gasteiger partial charge in [0, 0.05) is 53.2 Å². The number of pyridine rings is 2. The number of carbonyl (C=O) groups is 4. The number of anilines is 2. The van der Waals surface area contributed by atoms with E-state index in [0.717, 1.165) is 11.1 Å². The van der Waals surface area contributed by atoms with Crippen LogP contribution in [-0.4, -0.2) is 54.7 Å². The van der Waals surface area contributed by atoms with Crippen LogP contribution in [0, 0.1) is 13.8 Å². The fourth-order valence-corrected chi connectivity index (χ4v) is 6.19. The molecule has 5 aromatic carbocycles. The zero-order chi connectivity index (χ0) is 44.3. The molecule has 7 N–H and O–H groups in total. The molecule has 62 heavy (non-hydrogen) atoms. The first-order valence-electron chi connectivity index (χ1n) is 19.1. The minimum atomic E-state index is -0.614. The van der Waals surface area contributed by atoms with Crippen molar-refractivity contribution >= 4 is 57.1 Å². The van der Waals surface area contributed by atoms with Crippen LogP contribution in [-0.2, 0) is 0 Å². The first-order valence-corrected chi connectivity index (χ1v) is 19.1. The van der Waals surface area contributed by atoms with Gasteiger partial charge in [-0.3, -0.25) is 24.9 Å². The molecule has 0 atom stereocenters. The molecular formula is C46H43N7O9. The van der Waals surface area contributed by atoms with Crippen LogP contribution < -0.4 is 51.1 Å². The van der Waals surface area contributed by atoms with Crippen LogP contribution in [0.5, 0.6) is 40.2 Å². The highest BCUT2D eigenvalue weighted by molar-refractivity contribution is 6.02. The molecule has 0 radical (unpaired) electrons. The second-order valence-electron chi connectivity index (χ2n) is 13.5. The van der Waals surface area contributed by atoms with Gasteiger partial charge in [0.15, 0.2) is 0 Å². The van der Waals surface area contributed by atoms with E-state index < -0.39 is 17.9 Å². The topological polar surface area (TPSA) is 228 Å². The molecule has 2 heterocycles. The van der Waals surface area contributed by atoms with Crippen molar-refractivity contribution in [1.82, 2.24) is 15.3 Å². The van der Waals surface area contributed by atoms with Crippen LogP contribution in [0.2, 0.25) is 0 Å². The van der Waals surface area contributed by atoms with Crippen LogP contribution in [0.4, 0.5) is 21.0 Å². The van der Waals surface area contributed by atoms with E-state index in [1.165, 1.54) is 14.2 Å². The number of ether oxygens (including phenoxy) is 5. The molecule has 0 saturated heterocycles. The lowest BCUT2D eigenvalue weighted by Gasteiger charge is -2.13. The van der Waals surface area contributed by atoms with E-state index in [2.05, 4.69) is 25.9 Å². The maximum atomic E-state index is 12.2. The summed E-state index contributed by atoms with van der Waals surface area (Å²) in [4.78, 5) is 56.1. The van der Waals surface area contributed by atoms with Gasteiger partial charge < -0.3 is 45.8 Å². The molecule has 7 rings (SSSR count). The maximum absolute atomic E-state index is 12.2. The summed E-state index contributed by atoms with van der Waals surface area (Å²) in [5.74, 6) is 2.06. The Morgan fingerprint density at radius 3 is 1.50 bits per heavy atom. The Morgan fingerprint density at radius 2 is 1.06 bits per heavy atom. The predicted molar refractivity (Wildman–Crippen MR) is 235 cm³/mol. The number of nitrogens with zero attached hydrogens (tertiary/aromatic N) is 2. The second kappa shape index (κ2) is 19.6. The number of hydrogen-bond donors (Lipinski definition) is 5. The van der Waals surface area contributed by atoms with E-state index in [1.54, 1.807) is 103 Å². The molecule has 7 aromatic rings. The lowest BCUT2D eigenvalue weighted by Crippen LogP contribution is -2.28. The van der Waals surface area contributed by atoms with Gasteiger partial charge in [-0.05, 0) is 105 Å². The summed E-state index contributed by atoms with van der Waals surface area (Å²) >= 11 is 0. The van der Waals surface area contributed by atoms with Crippen LogP contribution in [0.3, 0.4) is 0 Å². The number of carbonyl (C=O) groups excluding carboxylic acids is 4. The lowest BCUT2D eigenvalue weighted by atomic mass is 10.1. The van der Waals surface area contributed by atoms with Gasteiger partial charge in [-0.25, -0.2) is 9.59 Å². The number of primary amides is 2. The monoisotopic (exact) mass is 837 g/mol. The Bertz CT molecular complexity index is 2800. The lowest BCUT2D eigenvalue weighted by molar-refractivity contribution is 0.0989. The quantitative estimate of drug-likeness (QED) is 0.0782. The molecule has 16 nitrogen and oxygen atoms in total. The fraction of sp³-hybridized carbons (Fsp3) is 0.130. The Balaban J connectivity index is 0.000000209. The number of nitrogens with two attached hydrogens (primary N) is 2. The smallest absolute Gasteiger partial charge is 0.417 e. The summed E-state index contributed by atoms with van der Waals surface area (Å²) in [6, 6.07) is 29.0. The average Bonchev–Trinajstić information content (AvgIpc) is 3.25. The first-order chi connectivity index (χ1) is 29.9. The summed E-state index contributed by atoms with van der Waals surface area (Å²) in [6.45, 7) is 6.10. The van der Waals surface area contributed by atoms with Crippen molar-refractivity contribution in [2.75, 3.05) is 31.4 Å². The van der Waals surface area contributed by atoms with Gasteiger partial charge in [-0.2, -0.15) is 0 Å². The number of hydrogen-bond acceptors (Lipinski definition) is 11. The van der Waals surface area contributed by atoms with Gasteiger partial charge in [0.2, 0.25) is 0 Å². The van der Waals surface area contributed by atoms with Crippen molar-refractivity contribution in [2.24, 2.45) is 11.5 Å². The van der Waals surface area contributed by atoms with Crippen LogP contribution in [0.1, 0.15) is 38.8 Å². The molecule has 0 bridgehead atoms. The molecule has 2 aromatic heterocycles. The van der Waals surface area contributed by atoms with Gasteiger partial charge in [-0.15, -0.1) is 0 Å². The molecule has 0 aliphatic rings. The van der Waals surface area contributed by atoms with Crippen molar-refractivity contribution < 1.29 is 42.9 Å². The van der Waals surface area contributed by atoms with Crippen LogP contribution in [0.15, 0.2) is 116 Å². The van der Waals surface area contributed by atoms with Gasteiger partial charge in [-0.1, -0.05) is 18.2 Å². The molecule has 5 amide bonds. The molecule has 0 aliphatic heterocycles. The van der Waals surface area contributed by atoms with Gasteiger partial charge in [0.25, 0.3) is 11.8 Å².